The Morgan fingerprint density at radius 1 is 1.35 bits per heavy atom. The van der Waals surface area contributed by atoms with Crippen molar-refractivity contribution in [1.82, 2.24) is 4.90 Å². The lowest BCUT2D eigenvalue weighted by Crippen LogP contribution is -2.36. The molecule has 1 aliphatic heterocycles. The van der Waals surface area contributed by atoms with Crippen LogP contribution in [-0.4, -0.2) is 29.8 Å². The molecule has 17 heavy (non-hydrogen) atoms. The first-order chi connectivity index (χ1) is 8.26. The minimum atomic E-state index is 0.706. The maximum absolute atomic E-state index is 2.62. The number of benzene rings is 1. The van der Waals surface area contributed by atoms with Crippen molar-refractivity contribution >= 4 is 11.8 Å². The standard InChI is InChI=1S/C15H23NS/c1-4-12(3)16(5-2)10-13-11-17-15-9-7-6-8-14(13)15/h6-9,12-13H,4-5,10-11H2,1-3H3. The van der Waals surface area contributed by atoms with E-state index in [-0.39, 0.29) is 0 Å². The van der Waals surface area contributed by atoms with Gasteiger partial charge in [-0.15, -0.1) is 11.8 Å². The second kappa shape index (κ2) is 5.92. The zero-order chi connectivity index (χ0) is 12.3. The third-order valence-electron chi connectivity index (χ3n) is 3.87. The van der Waals surface area contributed by atoms with Gasteiger partial charge in [-0.2, -0.15) is 0 Å². The Bertz CT molecular complexity index is 364. The lowest BCUT2D eigenvalue weighted by atomic mass is 10.00. The van der Waals surface area contributed by atoms with Crippen LogP contribution >= 0.6 is 11.8 Å². The van der Waals surface area contributed by atoms with Crippen LogP contribution in [0.15, 0.2) is 29.2 Å². The molecule has 0 radical (unpaired) electrons. The van der Waals surface area contributed by atoms with Gasteiger partial charge in [0.15, 0.2) is 0 Å². The molecule has 1 aromatic carbocycles. The van der Waals surface area contributed by atoms with Crippen molar-refractivity contribution in [2.75, 3.05) is 18.8 Å². The molecular formula is C15H23NS. The van der Waals surface area contributed by atoms with Crippen LogP contribution in [0.3, 0.4) is 0 Å². The molecule has 1 nitrogen and oxygen atoms in total. The molecule has 0 fully saturated rings. The van der Waals surface area contributed by atoms with Crippen molar-refractivity contribution < 1.29 is 0 Å². The van der Waals surface area contributed by atoms with Crippen molar-refractivity contribution in [2.45, 2.75) is 44.0 Å². The lowest BCUT2D eigenvalue weighted by molar-refractivity contribution is 0.206. The van der Waals surface area contributed by atoms with E-state index < -0.39 is 0 Å². The zero-order valence-corrected chi connectivity index (χ0v) is 12.0. The number of nitrogens with zero attached hydrogens (tertiary/aromatic N) is 1. The Balaban J connectivity index is 2.05. The van der Waals surface area contributed by atoms with Gasteiger partial charge in [0.25, 0.3) is 0 Å². The van der Waals surface area contributed by atoms with Crippen LogP contribution in [0.4, 0.5) is 0 Å². The highest BCUT2D eigenvalue weighted by Gasteiger charge is 2.25. The summed E-state index contributed by atoms with van der Waals surface area (Å²) < 4.78 is 0. The Labute approximate surface area is 110 Å². The van der Waals surface area contributed by atoms with Crippen molar-refractivity contribution in [2.24, 2.45) is 0 Å². The summed E-state index contributed by atoms with van der Waals surface area (Å²) in [5.74, 6) is 1.98. The van der Waals surface area contributed by atoms with E-state index in [2.05, 4.69) is 49.9 Å². The van der Waals surface area contributed by atoms with Crippen LogP contribution in [0.25, 0.3) is 0 Å². The summed E-state index contributed by atoms with van der Waals surface area (Å²) in [6.07, 6.45) is 1.25. The average molecular weight is 249 g/mol. The van der Waals surface area contributed by atoms with Crippen molar-refractivity contribution in [3.63, 3.8) is 0 Å². The van der Waals surface area contributed by atoms with Gasteiger partial charge < -0.3 is 4.90 Å². The molecule has 0 aromatic heterocycles. The van der Waals surface area contributed by atoms with Gasteiger partial charge in [0.1, 0.15) is 0 Å². The van der Waals surface area contributed by atoms with Gasteiger partial charge >= 0.3 is 0 Å². The smallest absolute Gasteiger partial charge is 0.0108 e. The van der Waals surface area contributed by atoms with E-state index >= 15 is 0 Å². The molecule has 1 heterocycles. The van der Waals surface area contributed by atoms with E-state index in [1.807, 2.05) is 11.8 Å². The first-order valence-corrected chi connectivity index (χ1v) is 7.70. The summed E-state index contributed by atoms with van der Waals surface area (Å²) in [7, 11) is 0. The van der Waals surface area contributed by atoms with Crippen molar-refractivity contribution in [1.29, 1.82) is 0 Å². The normalized spacial score (nSPS) is 20.6. The predicted octanol–water partition coefficient (Wildman–Crippen LogP) is 4.00. The molecule has 1 aliphatic rings. The molecule has 0 saturated carbocycles. The Morgan fingerprint density at radius 3 is 2.82 bits per heavy atom. The van der Waals surface area contributed by atoms with Crippen molar-refractivity contribution in [3.05, 3.63) is 29.8 Å². The minimum Gasteiger partial charge on any atom is -0.300 e. The SMILES string of the molecule is CCC(C)N(CC)CC1CSc2ccccc21. The minimum absolute atomic E-state index is 0.706. The molecule has 0 spiro atoms. The lowest BCUT2D eigenvalue weighted by Gasteiger charge is -2.29. The van der Waals surface area contributed by atoms with Crippen LogP contribution in [-0.2, 0) is 0 Å². The maximum atomic E-state index is 2.62. The molecule has 1 aromatic rings. The first kappa shape index (κ1) is 13.0. The van der Waals surface area contributed by atoms with Gasteiger partial charge in [-0.05, 0) is 31.5 Å². The second-order valence-corrected chi connectivity index (χ2v) is 5.95. The number of rotatable bonds is 5. The van der Waals surface area contributed by atoms with E-state index in [4.69, 9.17) is 0 Å². The highest BCUT2D eigenvalue weighted by molar-refractivity contribution is 7.99. The summed E-state index contributed by atoms with van der Waals surface area (Å²) in [4.78, 5) is 4.12. The summed E-state index contributed by atoms with van der Waals surface area (Å²) >= 11 is 2.02. The fourth-order valence-electron chi connectivity index (χ4n) is 2.54. The van der Waals surface area contributed by atoms with Crippen LogP contribution in [0.2, 0.25) is 0 Å². The molecule has 0 amide bonds. The van der Waals surface area contributed by atoms with E-state index in [0.29, 0.717) is 6.04 Å². The molecule has 0 saturated heterocycles. The number of fused-ring (bicyclic) bond motifs is 1. The quantitative estimate of drug-likeness (QED) is 0.776. The predicted molar refractivity (Wildman–Crippen MR) is 76.9 cm³/mol. The summed E-state index contributed by atoms with van der Waals surface area (Å²) in [6, 6.07) is 9.61. The summed E-state index contributed by atoms with van der Waals surface area (Å²) in [5.41, 5.74) is 1.57. The molecule has 94 valence electrons. The van der Waals surface area contributed by atoms with E-state index in [0.717, 1.165) is 5.92 Å². The van der Waals surface area contributed by atoms with Gasteiger partial charge in [-0.25, -0.2) is 0 Å². The largest absolute Gasteiger partial charge is 0.300 e. The Hall–Kier alpha value is -0.470. The number of hydrogen-bond donors (Lipinski definition) is 0. The van der Waals surface area contributed by atoms with Gasteiger partial charge in [0.2, 0.25) is 0 Å². The fourth-order valence-corrected chi connectivity index (χ4v) is 3.78. The number of likely N-dealkylation sites (N-methyl/N-ethyl adjacent to an activating group) is 1. The van der Waals surface area contributed by atoms with Gasteiger partial charge in [0, 0.05) is 29.2 Å². The van der Waals surface area contributed by atoms with Crippen LogP contribution in [0, 0.1) is 0 Å². The Morgan fingerprint density at radius 2 is 2.12 bits per heavy atom. The number of hydrogen-bond acceptors (Lipinski definition) is 2. The van der Waals surface area contributed by atoms with Gasteiger partial charge in [-0.1, -0.05) is 32.0 Å². The molecule has 0 aliphatic carbocycles. The highest BCUT2D eigenvalue weighted by atomic mass is 32.2. The third-order valence-corrected chi connectivity index (χ3v) is 5.13. The van der Waals surface area contributed by atoms with Gasteiger partial charge in [-0.3, -0.25) is 0 Å². The molecule has 0 N–H and O–H groups in total. The third kappa shape index (κ3) is 2.86. The summed E-state index contributed by atoms with van der Waals surface area (Å²) in [6.45, 7) is 9.29. The molecule has 2 heteroatoms. The van der Waals surface area contributed by atoms with Crippen molar-refractivity contribution in [3.8, 4) is 0 Å². The topological polar surface area (TPSA) is 3.24 Å². The second-order valence-electron chi connectivity index (χ2n) is 4.89. The van der Waals surface area contributed by atoms with E-state index in [9.17, 15) is 0 Å². The zero-order valence-electron chi connectivity index (χ0n) is 11.1. The fraction of sp³-hybridized carbons (Fsp3) is 0.600. The first-order valence-electron chi connectivity index (χ1n) is 6.72. The molecule has 2 rings (SSSR count). The van der Waals surface area contributed by atoms with E-state index in [1.54, 1.807) is 5.56 Å². The molecule has 2 atom stereocenters. The molecular weight excluding hydrogens is 226 g/mol. The van der Waals surface area contributed by atoms with Crippen LogP contribution in [0.5, 0.6) is 0 Å². The average Bonchev–Trinajstić information content (AvgIpc) is 2.78. The van der Waals surface area contributed by atoms with Gasteiger partial charge in [0.05, 0.1) is 0 Å². The molecule has 0 bridgehead atoms. The van der Waals surface area contributed by atoms with Crippen LogP contribution < -0.4 is 0 Å². The van der Waals surface area contributed by atoms with E-state index in [1.165, 1.54) is 30.2 Å². The summed E-state index contributed by atoms with van der Waals surface area (Å²) in [5, 5.41) is 0. The maximum Gasteiger partial charge on any atom is 0.0108 e. The Kier molecular flexibility index (Phi) is 4.52. The van der Waals surface area contributed by atoms with Crippen LogP contribution in [0.1, 0.15) is 38.7 Å². The number of thioether (sulfide) groups is 1. The highest BCUT2D eigenvalue weighted by Crippen LogP contribution is 2.39. The molecule has 2 unspecified atom stereocenters. The monoisotopic (exact) mass is 249 g/mol.